The molecule has 1 aromatic carbocycles. The first-order chi connectivity index (χ1) is 8.32. The van der Waals surface area contributed by atoms with Crippen LogP contribution in [0, 0.1) is 23.3 Å². The van der Waals surface area contributed by atoms with Crippen LogP contribution >= 0.6 is 0 Å². The third kappa shape index (κ3) is 3.35. The van der Waals surface area contributed by atoms with Gasteiger partial charge in [-0.25, -0.2) is 17.6 Å². The highest BCUT2D eigenvalue weighted by atomic mass is 19.2. The van der Waals surface area contributed by atoms with Gasteiger partial charge in [-0.3, -0.25) is 4.79 Å². The van der Waals surface area contributed by atoms with Crippen LogP contribution in [0.4, 0.5) is 23.2 Å². The van der Waals surface area contributed by atoms with E-state index in [1.165, 1.54) is 0 Å². The molecule has 0 fully saturated rings. The Morgan fingerprint density at radius 1 is 1.22 bits per heavy atom. The highest BCUT2D eigenvalue weighted by Gasteiger charge is 2.19. The number of hydrogen-bond acceptors (Lipinski definition) is 3. The molecule has 1 aromatic rings. The van der Waals surface area contributed by atoms with Crippen LogP contribution in [0.2, 0.25) is 0 Å². The molecule has 0 bridgehead atoms. The lowest BCUT2D eigenvalue weighted by atomic mass is 10.2. The Morgan fingerprint density at radius 2 is 1.72 bits per heavy atom. The lowest BCUT2D eigenvalue weighted by Crippen LogP contribution is -2.21. The molecule has 3 nitrogen and oxygen atoms in total. The van der Waals surface area contributed by atoms with Crippen molar-refractivity contribution in [1.29, 1.82) is 0 Å². The normalized spacial score (nSPS) is 10.6. The minimum atomic E-state index is -1.59. The van der Waals surface area contributed by atoms with Crippen LogP contribution in [0.5, 0.6) is 0 Å². The summed E-state index contributed by atoms with van der Waals surface area (Å²) >= 11 is 0. The second kappa shape index (κ2) is 5.70. The molecule has 0 saturated heterocycles. The van der Waals surface area contributed by atoms with Crippen LogP contribution in [0.25, 0.3) is 0 Å². The first-order valence-corrected chi connectivity index (χ1v) is 5.09. The summed E-state index contributed by atoms with van der Waals surface area (Å²) in [7, 11) is 0. The molecule has 1 N–H and O–H groups in total. The van der Waals surface area contributed by atoms with Crippen molar-refractivity contribution in [2.24, 2.45) is 0 Å². The van der Waals surface area contributed by atoms with Gasteiger partial charge in [0.25, 0.3) is 0 Å². The Bertz CT molecular complexity index is 437. The van der Waals surface area contributed by atoms with E-state index in [9.17, 15) is 22.4 Å². The van der Waals surface area contributed by atoms with E-state index in [-0.39, 0.29) is 6.07 Å². The number of carbonyl (C=O) groups is 1. The second-order valence-corrected chi connectivity index (χ2v) is 3.74. The highest BCUT2D eigenvalue weighted by molar-refractivity contribution is 5.75. The highest BCUT2D eigenvalue weighted by Crippen LogP contribution is 2.23. The smallest absolute Gasteiger partial charge is 0.325 e. The van der Waals surface area contributed by atoms with Gasteiger partial charge in [0.15, 0.2) is 23.3 Å². The Morgan fingerprint density at radius 3 is 2.17 bits per heavy atom. The van der Waals surface area contributed by atoms with Crippen molar-refractivity contribution in [1.82, 2.24) is 0 Å². The Labute approximate surface area is 101 Å². The van der Waals surface area contributed by atoms with E-state index < -0.39 is 47.6 Å². The predicted molar refractivity (Wildman–Crippen MR) is 56.0 cm³/mol. The topological polar surface area (TPSA) is 38.3 Å². The molecule has 0 aromatic heterocycles. The zero-order valence-electron chi connectivity index (χ0n) is 9.69. The van der Waals surface area contributed by atoms with Crippen LogP contribution in [-0.2, 0) is 9.53 Å². The maximum atomic E-state index is 13.2. The zero-order valence-corrected chi connectivity index (χ0v) is 9.69. The minimum Gasteiger partial charge on any atom is -0.462 e. The maximum absolute atomic E-state index is 13.2. The molecule has 0 aliphatic rings. The fourth-order valence-corrected chi connectivity index (χ4v) is 1.19. The molecule has 0 unspecified atom stereocenters. The number of nitrogens with one attached hydrogen (secondary N) is 1. The number of halogens is 4. The van der Waals surface area contributed by atoms with Crippen molar-refractivity contribution in [3.8, 4) is 0 Å². The third-order valence-electron chi connectivity index (χ3n) is 1.89. The summed E-state index contributed by atoms with van der Waals surface area (Å²) in [4.78, 5) is 11.1. The van der Waals surface area contributed by atoms with Gasteiger partial charge in [-0.2, -0.15) is 0 Å². The van der Waals surface area contributed by atoms with E-state index in [0.717, 1.165) is 0 Å². The first-order valence-electron chi connectivity index (χ1n) is 5.09. The van der Waals surface area contributed by atoms with Crippen molar-refractivity contribution in [2.75, 3.05) is 11.9 Å². The molecule has 0 amide bonds. The van der Waals surface area contributed by atoms with Gasteiger partial charge in [-0.15, -0.1) is 0 Å². The quantitative estimate of drug-likeness (QED) is 0.516. The fraction of sp³-hybridized carbons (Fsp3) is 0.364. The number of anilines is 1. The van der Waals surface area contributed by atoms with Gasteiger partial charge >= 0.3 is 5.97 Å². The van der Waals surface area contributed by atoms with Gasteiger partial charge in [0.1, 0.15) is 12.2 Å². The number of carbonyl (C=O) groups excluding carboxylic acids is 1. The van der Waals surface area contributed by atoms with E-state index in [4.69, 9.17) is 0 Å². The van der Waals surface area contributed by atoms with Gasteiger partial charge < -0.3 is 10.1 Å². The summed E-state index contributed by atoms with van der Waals surface area (Å²) in [5.74, 6) is -7.08. The standard InChI is InChI=1S/C11H11F4NO2/c1-5(2)18-8(17)4-16-11-9(14)6(12)3-7(13)10(11)15/h3,5,16H,4H2,1-2H3. The summed E-state index contributed by atoms with van der Waals surface area (Å²) in [6, 6.07) is 0.0856. The SMILES string of the molecule is CC(C)OC(=O)CNc1c(F)c(F)cc(F)c1F. The van der Waals surface area contributed by atoms with E-state index in [0.29, 0.717) is 0 Å². The van der Waals surface area contributed by atoms with Gasteiger partial charge in [-0.05, 0) is 13.8 Å². The Hall–Kier alpha value is -1.79. The van der Waals surface area contributed by atoms with Crippen LogP contribution in [0.15, 0.2) is 6.07 Å². The Kier molecular flexibility index (Phi) is 4.52. The molecule has 1 rings (SSSR count). The van der Waals surface area contributed by atoms with Crippen molar-refractivity contribution in [3.05, 3.63) is 29.3 Å². The van der Waals surface area contributed by atoms with Gasteiger partial charge in [0.05, 0.1) is 6.10 Å². The lowest BCUT2D eigenvalue weighted by molar-refractivity contribution is -0.145. The molecule has 0 spiro atoms. The number of hydrogen-bond donors (Lipinski definition) is 1. The van der Waals surface area contributed by atoms with Crippen molar-refractivity contribution in [3.63, 3.8) is 0 Å². The summed E-state index contributed by atoms with van der Waals surface area (Å²) < 4.78 is 56.6. The zero-order chi connectivity index (χ0) is 13.9. The molecule has 100 valence electrons. The summed E-state index contributed by atoms with van der Waals surface area (Å²) in [6.07, 6.45) is -0.404. The van der Waals surface area contributed by atoms with Crippen LogP contribution < -0.4 is 5.32 Å². The number of esters is 1. The summed E-state index contributed by atoms with van der Waals surface area (Å²) in [5.41, 5.74) is -1.03. The molecule has 18 heavy (non-hydrogen) atoms. The minimum absolute atomic E-state index is 0.0856. The molecule has 0 aliphatic heterocycles. The average Bonchev–Trinajstić information content (AvgIpc) is 2.25. The molecular formula is C11H11F4NO2. The molecular weight excluding hydrogens is 254 g/mol. The van der Waals surface area contributed by atoms with Crippen molar-refractivity contribution in [2.45, 2.75) is 20.0 Å². The number of rotatable bonds is 4. The predicted octanol–water partition coefficient (Wildman–Crippen LogP) is 2.61. The lowest BCUT2D eigenvalue weighted by Gasteiger charge is -2.11. The molecule has 0 saturated carbocycles. The van der Waals surface area contributed by atoms with Gasteiger partial charge in [-0.1, -0.05) is 0 Å². The van der Waals surface area contributed by atoms with Crippen LogP contribution in [0.3, 0.4) is 0 Å². The monoisotopic (exact) mass is 265 g/mol. The molecule has 7 heteroatoms. The van der Waals surface area contributed by atoms with Gasteiger partial charge in [0.2, 0.25) is 0 Å². The number of ether oxygens (including phenoxy) is 1. The second-order valence-electron chi connectivity index (χ2n) is 3.74. The van der Waals surface area contributed by atoms with Gasteiger partial charge in [0, 0.05) is 6.07 Å². The Balaban J connectivity index is 2.82. The molecule has 0 heterocycles. The number of benzene rings is 1. The van der Waals surface area contributed by atoms with Crippen molar-refractivity contribution >= 4 is 11.7 Å². The summed E-state index contributed by atoms with van der Waals surface area (Å²) in [6.45, 7) is 2.57. The average molecular weight is 265 g/mol. The molecule has 0 atom stereocenters. The largest absolute Gasteiger partial charge is 0.462 e. The summed E-state index contributed by atoms with van der Waals surface area (Å²) in [5, 5.41) is 1.96. The maximum Gasteiger partial charge on any atom is 0.325 e. The van der Waals surface area contributed by atoms with E-state index >= 15 is 0 Å². The van der Waals surface area contributed by atoms with E-state index in [1.807, 2.05) is 5.32 Å². The van der Waals surface area contributed by atoms with Crippen LogP contribution in [0.1, 0.15) is 13.8 Å². The first kappa shape index (κ1) is 14.3. The van der Waals surface area contributed by atoms with E-state index in [1.54, 1.807) is 13.8 Å². The van der Waals surface area contributed by atoms with Crippen molar-refractivity contribution < 1.29 is 27.1 Å². The molecule has 0 radical (unpaired) electrons. The molecule has 0 aliphatic carbocycles. The van der Waals surface area contributed by atoms with E-state index in [2.05, 4.69) is 4.74 Å². The van der Waals surface area contributed by atoms with Crippen LogP contribution in [-0.4, -0.2) is 18.6 Å². The fourth-order valence-electron chi connectivity index (χ4n) is 1.19. The third-order valence-corrected chi connectivity index (χ3v) is 1.89.